The van der Waals surface area contributed by atoms with E-state index in [0.29, 0.717) is 5.90 Å². The molecule has 1 aliphatic rings. The van der Waals surface area contributed by atoms with Crippen LogP contribution in [0.3, 0.4) is 0 Å². The number of carbonyl (C=O) groups excluding carboxylic acids is 1. The van der Waals surface area contributed by atoms with Crippen LogP contribution < -0.4 is 0 Å². The highest BCUT2D eigenvalue weighted by molar-refractivity contribution is 6.12. The molecule has 2 aromatic carbocycles. The fraction of sp³-hybridized carbons (Fsp3) is 0. The van der Waals surface area contributed by atoms with Gasteiger partial charge in [-0.1, -0.05) is 42.5 Å². The quantitative estimate of drug-likeness (QED) is 0.538. The molecule has 0 bridgehead atoms. The van der Waals surface area contributed by atoms with Crippen LogP contribution in [0.4, 0.5) is 0 Å². The highest BCUT2D eigenvalue weighted by atomic mass is 16.6. The first-order valence-corrected chi connectivity index (χ1v) is 7.88. The number of ether oxygens (including phenoxy) is 1. The van der Waals surface area contributed by atoms with Crippen molar-refractivity contribution in [3.05, 3.63) is 95.9 Å². The number of aliphatic imine (C=N–C) groups is 1. The molecule has 1 aromatic heterocycles. The molecule has 2 heterocycles. The van der Waals surface area contributed by atoms with Crippen LogP contribution in [-0.2, 0) is 9.53 Å². The molecule has 0 atom stereocenters. The van der Waals surface area contributed by atoms with E-state index in [1.54, 1.807) is 18.5 Å². The second kappa shape index (κ2) is 6.53. The van der Waals surface area contributed by atoms with Gasteiger partial charge in [0.05, 0.1) is 0 Å². The Bertz CT molecular complexity index is 960. The number of esters is 1. The van der Waals surface area contributed by atoms with E-state index in [1.165, 1.54) is 0 Å². The second-order valence-corrected chi connectivity index (χ2v) is 5.56. The van der Waals surface area contributed by atoms with Gasteiger partial charge in [-0.15, -0.1) is 0 Å². The summed E-state index contributed by atoms with van der Waals surface area (Å²) in [4.78, 5) is 20.3. The van der Waals surface area contributed by atoms with Crippen molar-refractivity contribution in [3.8, 4) is 11.1 Å². The molecule has 25 heavy (non-hydrogen) atoms. The van der Waals surface area contributed by atoms with Crippen LogP contribution in [0.5, 0.6) is 0 Å². The summed E-state index contributed by atoms with van der Waals surface area (Å²) in [6, 6.07) is 21.5. The summed E-state index contributed by atoms with van der Waals surface area (Å²) in [7, 11) is 0. The first kappa shape index (κ1) is 15.0. The van der Waals surface area contributed by atoms with Crippen LogP contribution in [0.15, 0.2) is 89.8 Å². The summed E-state index contributed by atoms with van der Waals surface area (Å²) in [5, 5.41) is 0. The number of carbonyl (C=O) groups is 1. The van der Waals surface area contributed by atoms with E-state index in [2.05, 4.69) is 22.1 Å². The van der Waals surface area contributed by atoms with Crippen molar-refractivity contribution in [1.29, 1.82) is 0 Å². The average Bonchev–Trinajstić information content (AvgIpc) is 3.04. The molecule has 0 radical (unpaired) electrons. The summed E-state index contributed by atoms with van der Waals surface area (Å²) in [6.45, 7) is 0. The molecule has 0 N–H and O–H groups in total. The number of hydrogen-bond donors (Lipinski definition) is 0. The lowest BCUT2D eigenvalue weighted by Crippen LogP contribution is -2.05. The number of benzene rings is 2. The molecule has 120 valence electrons. The van der Waals surface area contributed by atoms with Crippen LogP contribution in [-0.4, -0.2) is 16.9 Å². The Morgan fingerprint density at radius 2 is 1.40 bits per heavy atom. The molecular weight excluding hydrogens is 312 g/mol. The maximum absolute atomic E-state index is 12.0. The third-order valence-electron chi connectivity index (χ3n) is 3.87. The number of cyclic esters (lactones) is 1. The van der Waals surface area contributed by atoms with Crippen LogP contribution in [0.25, 0.3) is 17.2 Å². The van der Waals surface area contributed by atoms with Crippen molar-refractivity contribution in [3.63, 3.8) is 0 Å². The summed E-state index contributed by atoms with van der Waals surface area (Å²) in [6.07, 6.45) is 5.02. The molecule has 0 saturated carbocycles. The lowest BCUT2D eigenvalue weighted by atomic mass is 10.0. The molecular formula is C21H14N2O2. The van der Waals surface area contributed by atoms with Gasteiger partial charge < -0.3 is 4.74 Å². The Morgan fingerprint density at radius 3 is 2.12 bits per heavy atom. The Labute approximate surface area is 145 Å². The number of rotatable bonds is 3. The zero-order valence-electron chi connectivity index (χ0n) is 13.3. The topological polar surface area (TPSA) is 51.5 Å². The van der Waals surface area contributed by atoms with Crippen LogP contribution >= 0.6 is 0 Å². The molecule has 4 nitrogen and oxygen atoms in total. The van der Waals surface area contributed by atoms with Crippen LogP contribution in [0, 0.1) is 0 Å². The van der Waals surface area contributed by atoms with E-state index in [4.69, 9.17) is 4.74 Å². The number of aromatic nitrogens is 1. The van der Waals surface area contributed by atoms with Crippen LogP contribution in [0.1, 0.15) is 11.1 Å². The van der Waals surface area contributed by atoms with Gasteiger partial charge in [-0.2, -0.15) is 0 Å². The summed E-state index contributed by atoms with van der Waals surface area (Å²) >= 11 is 0. The Kier molecular flexibility index (Phi) is 3.92. The lowest BCUT2D eigenvalue weighted by molar-refractivity contribution is -0.129. The van der Waals surface area contributed by atoms with Gasteiger partial charge in [-0.3, -0.25) is 4.98 Å². The highest BCUT2D eigenvalue weighted by Gasteiger charge is 2.24. The van der Waals surface area contributed by atoms with Gasteiger partial charge in [0, 0.05) is 18.0 Å². The maximum Gasteiger partial charge on any atom is 0.363 e. The van der Waals surface area contributed by atoms with Gasteiger partial charge in [0.1, 0.15) is 0 Å². The lowest BCUT2D eigenvalue weighted by Gasteiger charge is -2.03. The molecule has 0 aliphatic carbocycles. The summed E-state index contributed by atoms with van der Waals surface area (Å²) < 4.78 is 5.30. The Hall–Kier alpha value is -3.53. The number of pyridine rings is 1. The van der Waals surface area contributed by atoms with Gasteiger partial charge in [-0.25, -0.2) is 9.79 Å². The standard InChI is InChI=1S/C21H14N2O2/c24-21-19(14-15-10-12-22-13-11-15)23-20(25-21)18-8-6-17(7-9-18)16-4-2-1-3-5-16/h1-14H/b19-14-. The minimum Gasteiger partial charge on any atom is -0.402 e. The van der Waals surface area contributed by atoms with E-state index in [-0.39, 0.29) is 5.70 Å². The van der Waals surface area contributed by atoms with E-state index >= 15 is 0 Å². The summed E-state index contributed by atoms with van der Waals surface area (Å²) in [5.41, 5.74) is 4.14. The first-order valence-electron chi connectivity index (χ1n) is 7.88. The Morgan fingerprint density at radius 1 is 0.760 bits per heavy atom. The molecule has 3 aromatic rings. The minimum absolute atomic E-state index is 0.285. The van der Waals surface area contributed by atoms with E-state index in [1.807, 2.05) is 54.6 Å². The van der Waals surface area contributed by atoms with Crippen molar-refractivity contribution in [2.24, 2.45) is 4.99 Å². The molecule has 4 heteroatoms. The van der Waals surface area contributed by atoms with Gasteiger partial charge in [0.15, 0.2) is 5.70 Å². The van der Waals surface area contributed by atoms with Crippen molar-refractivity contribution < 1.29 is 9.53 Å². The van der Waals surface area contributed by atoms with Crippen molar-refractivity contribution in [1.82, 2.24) is 4.98 Å². The molecule has 0 saturated heterocycles. The number of hydrogen-bond acceptors (Lipinski definition) is 4. The largest absolute Gasteiger partial charge is 0.402 e. The average molecular weight is 326 g/mol. The predicted octanol–water partition coefficient (Wildman–Crippen LogP) is 4.09. The Balaban J connectivity index is 1.61. The first-order chi connectivity index (χ1) is 12.3. The van der Waals surface area contributed by atoms with Gasteiger partial charge in [0.25, 0.3) is 0 Å². The smallest absolute Gasteiger partial charge is 0.363 e. The van der Waals surface area contributed by atoms with Crippen molar-refractivity contribution in [2.75, 3.05) is 0 Å². The number of nitrogens with zero attached hydrogens (tertiary/aromatic N) is 2. The van der Waals surface area contributed by atoms with Gasteiger partial charge >= 0.3 is 5.97 Å². The van der Waals surface area contributed by atoms with Gasteiger partial charge in [-0.05, 0) is 47.0 Å². The molecule has 0 spiro atoms. The van der Waals surface area contributed by atoms with Crippen LogP contribution in [0.2, 0.25) is 0 Å². The minimum atomic E-state index is -0.445. The zero-order chi connectivity index (χ0) is 17.1. The molecule has 0 unspecified atom stereocenters. The fourth-order valence-electron chi connectivity index (χ4n) is 2.59. The molecule has 0 fully saturated rings. The predicted molar refractivity (Wildman–Crippen MR) is 96.7 cm³/mol. The third kappa shape index (κ3) is 3.23. The van der Waals surface area contributed by atoms with Gasteiger partial charge in [0.2, 0.25) is 5.90 Å². The molecule has 1 aliphatic heterocycles. The maximum atomic E-state index is 12.0. The van der Waals surface area contributed by atoms with E-state index in [0.717, 1.165) is 22.3 Å². The molecule has 4 rings (SSSR count). The fourth-order valence-corrected chi connectivity index (χ4v) is 2.59. The van der Waals surface area contributed by atoms with Crippen molar-refractivity contribution >= 4 is 17.9 Å². The second-order valence-electron chi connectivity index (χ2n) is 5.56. The monoisotopic (exact) mass is 326 g/mol. The zero-order valence-corrected chi connectivity index (χ0v) is 13.3. The van der Waals surface area contributed by atoms with E-state index in [9.17, 15) is 4.79 Å². The highest BCUT2D eigenvalue weighted by Crippen LogP contribution is 2.22. The summed E-state index contributed by atoms with van der Waals surface area (Å²) in [5.74, 6) is -0.121. The van der Waals surface area contributed by atoms with E-state index < -0.39 is 5.97 Å². The normalized spacial score (nSPS) is 15.1. The SMILES string of the molecule is O=C1OC(c2ccc(-c3ccccc3)cc2)=N/C1=C\c1ccncc1. The molecule has 0 amide bonds. The third-order valence-corrected chi connectivity index (χ3v) is 3.87. The van der Waals surface area contributed by atoms with Crippen molar-refractivity contribution in [2.45, 2.75) is 0 Å².